The highest BCUT2D eigenvalue weighted by atomic mass is 19.4. The van der Waals surface area contributed by atoms with Crippen molar-refractivity contribution >= 4 is 5.97 Å². The third-order valence-corrected chi connectivity index (χ3v) is 2.21. The molecule has 0 saturated heterocycles. The van der Waals surface area contributed by atoms with E-state index in [-0.39, 0.29) is 6.61 Å². The molecule has 1 aromatic rings. The van der Waals surface area contributed by atoms with Crippen LogP contribution in [0.15, 0.2) is 6.20 Å². The summed E-state index contributed by atoms with van der Waals surface area (Å²) in [5, 5.41) is 8.60. The summed E-state index contributed by atoms with van der Waals surface area (Å²) in [5.74, 6) is -1.57. The number of nitrogens with zero attached hydrogens (tertiary/aromatic N) is 2. The van der Waals surface area contributed by atoms with E-state index in [1.807, 2.05) is 0 Å². The Morgan fingerprint density at radius 1 is 1.50 bits per heavy atom. The Morgan fingerprint density at radius 3 is 2.50 bits per heavy atom. The topological polar surface area (TPSA) is 63.0 Å². The van der Waals surface area contributed by atoms with Crippen molar-refractivity contribution in [2.24, 2.45) is 0 Å². The summed E-state index contributed by atoms with van der Waals surface area (Å²) in [4.78, 5) is 14.5. The highest BCUT2D eigenvalue weighted by Gasteiger charge is 2.42. The average Bonchev–Trinajstić information content (AvgIpc) is 2.35. The van der Waals surface area contributed by atoms with Crippen LogP contribution in [-0.4, -0.2) is 17.6 Å². The molecule has 4 nitrogen and oxygen atoms in total. The van der Waals surface area contributed by atoms with Crippen LogP contribution >= 0.6 is 0 Å². The van der Waals surface area contributed by atoms with Crippen LogP contribution in [0.3, 0.4) is 0 Å². The van der Waals surface area contributed by atoms with E-state index in [2.05, 4.69) is 9.72 Å². The minimum Gasteiger partial charge on any atom is -0.462 e. The monoisotopic (exact) mass is 294 g/mol. The summed E-state index contributed by atoms with van der Waals surface area (Å²) < 4.78 is 68.5. The summed E-state index contributed by atoms with van der Waals surface area (Å²) in [5.41, 5.74) is -5.57. The van der Waals surface area contributed by atoms with Crippen LogP contribution in [0.4, 0.5) is 22.0 Å². The van der Waals surface area contributed by atoms with Gasteiger partial charge in [-0.25, -0.2) is 18.6 Å². The number of rotatable bonds is 3. The molecule has 1 rings (SSSR count). The molecule has 0 radical (unpaired) electrons. The molecule has 0 fully saturated rings. The van der Waals surface area contributed by atoms with Crippen molar-refractivity contribution in [2.45, 2.75) is 19.5 Å². The lowest BCUT2D eigenvalue weighted by atomic mass is 10.0. The maximum absolute atomic E-state index is 12.9. The summed E-state index contributed by atoms with van der Waals surface area (Å²) in [7, 11) is 0. The van der Waals surface area contributed by atoms with E-state index in [1.165, 1.54) is 6.92 Å². The zero-order valence-electron chi connectivity index (χ0n) is 9.96. The molecule has 0 aliphatic heterocycles. The summed E-state index contributed by atoms with van der Waals surface area (Å²) in [6, 6.07) is 1.12. The summed E-state index contributed by atoms with van der Waals surface area (Å²) in [6.45, 7) is 1.00. The fourth-order valence-corrected chi connectivity index (χ4v) is 1.48. The van der Waals surface area contributed by atoms with Crippen LogP contribution < -0.4 is 0 Å². The Kier molecular flexibility index (Phi) is 4.60. The lowest BCUT2D eigenvalue weighted by molar-refractivity contribution is -0.138. The van der Waals surface area contributed by atoms with Gasteiger partial charge in [0, 0.05) is 6.20 Å². The first-order valence-electron chi connectivity index (χ1n) is 5.19. The molecular formula is C11H7F5N2O2. The second-order valence-electron chi connectivity index (χ2n) is 3.44. The number of carbonyl (C=O) groups excluding carboxylic acids is 1. The summed E-state index contributed by atoms with van der Waals surface area (Å²) in [6.07, 6.45) is -8.19. The maximum atomic E-state index is 12.9. The molecule has 0 atom stereocenters. The van der Waals surface area contributed by atoms with Gasteiger partial charge >= 0.3 is 12.1 Å². The number of hydrogen-bond donors (Lipinski definition) is 0. The van der Waals surface area contributed by atoms with Crippen LogP contribution in [0.5, 0.6) is 0 Å². The van der Waals surface area contributed by atoms with Gasteiger partial charge in [0.15, 0.2) is 5.69 Å². The quantitative estimate of drug-likeness (QED) is 0.635. The molecular weight excluding hydrogens is 287 g/mol. The molecule has 20 heavy (non-hydrogen) atoms. The Labute approximate surface area is 109 Å². The van der Waals surface area contributed by atoms with Crippen LogP contribution in [0.2, 0.25) is 0 Å². The molecule has 0 bridgehead atoms. The standard InChI is InChI=1S/C11H7F5N2O2/c1-2-20-10(19)7-5(9(12)13)4-18-6(3-17)8(7)11(14,15)16/h4,9H,2H2,1H3. The number of nitriles is 1. The normalized spacial score (nSPS) is 11.3. The van der Waals surface area contributed by atoms with E-state index >= 15 is 0 Å². The highest BCUT2D eigenvalue weighted by Crippen LogP contribution is 2.37. The van der Waals surface area contributed by atoms with Crippen molar-refractivity contribution in [1.82, 2.24) is 4.98 Å². The van der Waals surface area contributed by atoms with Crippen molar-refractivity contribution in [2.75, 3.05) is 6.61 Å². The lowest BCUT2D eigenvalue weighted by Crippen LogP contribution is -2.20. The van der Waals surface area contributed by atoms with E-state index in [0.29, 0.717) is 6.20 Å². The number of aromatic nitrogens is 1. The van der Waals surface area contributed by atoms with Crippen LogP contribution in [0.1, 0.15) is 40.5 Å². The maximum Gasteiger partial charge on any atom is 0.420 e. The number of esters is 1. The van der Waals surface area contributed by atoms with Crippen LogP contribution in [0.25, 0.3) is 0 Å². The highest BCUT2D eigenvalue weighted by molar-refractivity contribution is 5.93. The molecule has 0 aliphatic rings. The van der Waals surface area contributed by atoms with Gasteiger partial charge in [-0.1, -0.05) is 0 Å². The van der Waals surface area contributed by atoms with Gasteiger partial charge in [-0.15, -0.1) is 0 Å². The molecule has 0 saturated carbocycles. The summed E-state index contributed by atoms with van der Waals surface area (Å²) >= 11 is 0. The molecule has 1 aromatic heterocycles. The van der Waals surface area contributed by atoms with Gasteiger partial charge in [-0.2, -0.15) is 18.4 Å². The molecule has 0 amide bonds. The molecule has 0 aliphatic carbocycles. The Hall–Kier alpha value is -2.24. The fourth-order valence-electron chi connectivity index (χ4n) is 1.48. The minimum absolute atomic E-state index is 0.303. The molecule has 0 N–H and O–H groups in total. The zero-order valence-corrected chi connectivity index (χ0v) is 9.96. The molecule has 0 aromatic carbocycles. The molecule has 0 unspecified atom stereocenters. The zero-order chi connectivity index (χ0) is 15.5. The second kappa shape index (κ2) is 5.81. The average molecular weight is 294 g/mol. The molecule has 1 heterocycles. The second-order valence-corrected chi connectivity index (χ2v) is 3.44. The van der Waals surface area contributed by atoms with Crippen molar-refractivity contribution in [3.63, 3.8) is 0 Å². The van der Waals surface area contributed by atoms with E-state index < -0.39 is 41.0 Å². The van der Waals surface area contributed by atoms with E-state index in [9.17, 15) is 26.7 Å². The van der Waals surface area contributed by atoms with Crippen LogP contribution in [-0.2, 0) is 10.9 Å². The molecule has 9 heteroatoms. The largest absolute Gasteiger partial charge is 0.462 e. The molecule has 0 spiro atoms. The van der Waals surface area contributed by atoms with Gasteiger partial charge in [0.25, 0.3) is 6.43 Å². The van der Waals surface area contributed by atoms with Crippen molar-refractivity contribution in [1.29, 1.82) is 5.26 Å². The number of hydrogen-bond acceptors (Lipinski definition) is 4. The first-order valence-corrected chi connectivity index (χ1v) is 5.19. The Morgan fingerprint density at radius 2 is 2.10 bits per heavy atom. The van der Waals surface area contributed by atoms with Crippen LogP contribution in [0, 0.1) is 11.3 Å². The van der Waals surface area contributed by atoms with Gasteiger partial charge in [0.1, 0.15) is 11.6 Å². The van der Waals surface area contributed by atoms with E-state index in [0.717, 1.165) is 6.07 Å². The van der Waals surface area contributed by atoms with Gasteiger partial charge in [0.05, 0.1) is 17.7 Å². The predicted molar refractivity (Wildman–Crippen MR) is 54.9 cm³/mol. The Bertz CT molecular complexity index is 563. The number of carbonyl (C=O) groups is 1. The first-order chi connectivity index (χ1) is 9.23. The SMILES string of the molecule is CCOC(=O)c1c(C(F)F)cnc(C#N)c1C(F)(F)F. The number of alkyl halides is 5. The van der Waals surface area contributed by atoms with Crippen molar-refractivity contribution < 1.29 is 31.5 Å². The predicted octanol–water partition coefficient (Wildman–Crippen LogP) is 3.09. The fraction of sp³-hybridized carbons (Fsp3) is 0.364. The lowest BCUT2D eigenvalue weighted by Gasteiger charge is -2.16. The first kappa shape index (κ1) is 15.8. The smallest absolute Gasteiger partial charge is 0.420 e. The van der Waals surface area contributed by atoms with Gasteiger partial charge in [0.2, 0.25) is 0 Å². The third kappa shape index (κ3) is 3.01. The van der Waals surface area contributed by atoms with E-state index in [1.54, 1.807) is 0 Å². The van der Waals surface area contributed by atoms with Gasteiger partial charge < -0.3 is 4.74 Å². The van der Waals surface area contributed by atoms with E-state index in [4.69, 9.17) is 5.26 Å². The van der Waals surface area contributed by atoms with Gasteiger partial charge in [-0.3, -0.25) is 0 Å². The molecule has 108 valence electrons. The Balaban J connectivity index is 3.71. The van der Waals surface area contributed by atoms with Crippen molar-refractivity contribution in [3.05, 3.63) is 28.6 Å². The number of ether oxygens (including phenoxy) is 1. The number of pyridine rings is 1. The third-order valence-electron chi connectivity index (χ3n) is 2.21. The van der Waals surface area contributed by atoms with Gasteiger partial charge in [-0.05, 0) is 6.92 Å². The minimum atomic E-state index is -5.19. The van der Waals surface area contributed by atoms with Crippen molar-refractivity contribution in [3.8, 4) is 6.07 Å². The number of halogens is 5.